The maximum atomic E-state index is 13.1. The predicted octanol–water partition coefficient (Wildman–Crippen LogP) is 2.37. The van der Waals surface area contributed by atoms with Crippen molar-refractivity contribution in [3.8, 4) is 0 Å². The number of benzene rings is 2. The van der Waals surface area contributed by atoms with Gasteiger partial charge in [0.1, 0.15) is 5.82 Å². The summed E-state index contributed by atoms with van der Waals surface area (Å²) >= 11 is 0. The third-order valence-electron chi connectivity index (χ3n) is 3.16. The molecule has 21 heavy (non-hydrogen) atoms. The number of hydrogen-bond acceptors (Lipinski definition) is 3. The third-order valence-corrected chi connectivity index (χ3v) is 4.92. The molecule has 0 amide bonds. The first kappa shape index (κ1) is 15.5. The van der Waals surface area contributed by atoms with Crippen molar-refractivity contribution in [2.45, 2.75) is 12.3 Å². The quantitative estimate of drug-likeness (QED) is 0.863. The van der Waals surface area contributed by atoms with Crippen LogP contribution in [-0.4, -0.2) is 19.8 Å². The maximum absolute atomic E-state index is 13.1. The highest BCUT2D eigenvalue weighted by molar-refractivity contribution is 7.88. The second kappa shape index (κ2) is 6.24. The molecule has 0 radical (unpaired) electrons. The van der Waals surface area contributed by atoms with Gasteiger partial charge in [-0.05, 0) is 29.3 Å². The van der Waals surface area contributed by atoms with Crippen LogP contribution in [0.2, 0.25) is 0 Å². The van der Waals surface area contributed by atoms with Gasteiger partial charge in [0.25, 0.3) is 0 Å². The molecule has 0 fully saturated rings. The molecule has 0 aromatic heterocycles. The van der Waals surface area contributed by atoms with Gasteiger partial charge in [-0.25, -0.2) is 17.1 Å². The summed E-state index contributed by atoms with van der Waals surface area (Å²) in [6, 6.07) is 12.7. The lowest BCUT2D eigenvalue weighted by atomic mass is 10.2. The van der Waals surface area contributed by atoms with Crippen LogP contribution in [-0.2, 0) is 22.3 Å². The average Bonchev–Trinajstić information content (AvgIpc) is 2.41. The molecule has 0 saturated carbocycles. The number of nitrogens with two attached hydrogens (primary N) is 1. The molecule has 0 aliphatic rings. The first-order chi connectivity index (χ1) is 9.88. The van der Waals surface area contributed by atoms with Crippen LogP contribution in [0.4, 0.5) is 10.1 Å². The first-order valence-corrected chi connectivity index (χ1v) is 8.01. The number of sulfonamides is 1. The molecule has 4 nitrogen and oxygen atoms in total. The lowest BCUT2D eigenvalue weighted by molar-refractivity contribution is 0.464. The molecule has 0 spiro atoms. The minimum atomic E-state index is -3.52. The van der Waals surface area contributed by atoms with E-state index in [0.717, 1.165) is 0 Å². The average molecular weight is 308 g/mol. The summed E-state index contributed by atoms with van der Waals surface area (Å²) in [5.74, 6) is -0.559. The van der Waals surface area contributed by atoms with E-state index in [4.69, 9.17) is 5.73 Å². The Bertz CT molecular complexity index is 732. The molecule has 0 saturated heterocycles. The summed E-state index contributed by atoms with van der Waals surface area (Å²) in [4.78, 5) is 0. The summed E-state index contributed by atoms with van der Waals surface area (Å²) < 4.78 is 39.0. The fourth-order valence-corrected chi connectivity index (χ4v) is 3.19. The fraction of sp³-hybridized carbons (Fsp3) is 0.200. The molecule has 0 aliphatic carbocycles. The van der Waals surface area contributed by atoms with Gasteiger partial charge < -0.3 is 5.73 Å². The van der Waals surface area contributed by atoms with Gasteiger partial charge in [0.15, 0.2) is 0 Å². The van der Waals surface area contributed by atoms with Crippen LogP contribution >= 0.6 is 0 Å². The first-order valence-electron chi connectivity index (χ1n) is 6.40. The van der Waals surface area contributed by atoms with E-state index in [1.165, 1.54) is 23.5 Å². The fourth-order valence-electron chi connectivity index (χ4n) is 1.96. The summed E-state index contributed by atoms with van der Waals surface area (Å²) in [5, 5.41) is 0. The summed E-state index contributed by atoms with van der Waals surface area (Å²) in [6.07, 6.45) is 0. The summed E-state index contributed by atoms with van der Waals surface area (Å²) in [7, 11) is -2.04. The van der Waals surface area contributed by atoms with Gasteiger partial charge in [-0.3, -0.25) is 0 Å². The zero-order valence-corrected chi connectivity index (χ0v) is 12.5. The van der Waals surface area contributed by atoms with Gasteiger partial charge in [-0.2, -0.15) is 0 Å². The SMILES string of the molecule is CN(Cc1cccc(F)c1)S(=O)(=O)Cc1ccccc1N. The number of para-hydroxylation sites is 1. The van der Waals surface area contributed by atoms with Crippen molar-refractivity contribution in [2.24, 2.45) is 0 Å². The Kier molecular flexibility index (Phi) is 4.59. The molecule has 2 aromatic rings. The lowest BCUT2D eigenvalue weighted by Gasteiger charge is -2.18. The van der Waals surface area contributed by atoms with Crippen molar-refractivity contribution in [2.75, 3.05) is 12.8 Å². The van der Waals surface area contributed by atoms with Gasteiger partial charge in [-0.1, -0.05) is 30.3 Å². The monoisotopic (exact) mass is 308 g/mol. The van der Waals surface area contributed by atoms with Crippen molar-refractivity contribution >= 4 is 15.7 Å². The zero-order chi connectivity index (χ0) is 15.5. The Morgan fingerprint density at radius 3 is 2.52 bits per heavy atom. The normalized spacial score (nSPS) is 11.8. The van der Waals surface area contributed by atoms with Crippen LogP contribution in [0.15, 0.2) is 48.5 Å². The molecule has 6 heteroatoms. The number of nitrogens with zero attached hydrogens (tertiary/aromatic N) is 1. The summed E-state index contributed by atoms with van der Waals surface area (Å²) in [6.45, 7) is 0.118. The van der Waals surface area contributed by atoms with E-state index in [-0.39, 0.29) is 18.1 Å². The third kappa shape index (κ3) is 4.03. The van der Waals surface area contributed by atoms with Gasteiger partial charge in [-0.15, -0.1) is 0 Å². The highest BCUT2D eigenvalue weighted by Crippen LogP contribution is 2.17. The van der Waals surface area contributed by atoms with Crippen LogP contribution in [0.3, 0.4) is 0 Å². The van der Waals surface area contributed by atoms with Crippen LogP contribution < -0.4 is 5.73 Å². The van der Waals surface area contributed by atoms with Gasteiger partial charge in [0.05, 0.1) is 5.75 Å². The molecule has 0 aliphatic heterocycles. The number of nitrogen functional groups attached to an aromatic ring is 1. The van der Waals surface area contributed by atoms with E-state index in [0.29, 0.717) is 16.8 Å². The molecule has 2 N–H and O–H groups in total. The zero-order valence-electron chi connectivity index (χ0n) is 11.7. The van der Waals surface area contributed by atoms with Crippen molar-refractivity contribution in [1.82, 2.24) is 4.31 Å². The smallest absolute Gasteiger partial charge is 0.218 e. The molecular weight excluding hydrogens is 291 g/mol. The van der Waals surface area contributed by atoms with E-state index >= 15 is 0 Å². The second-order valence-electron chi connectivity index (χ2n) is 4.84. The highest BCUT2D eigenvalue weighted by Gasteiger charge is 2.20. The van der Waals surface area contributed by atoms with Gasteiger partial charge in [0, 0.05) is 19.3 Å². The summed E-state index contributed by atoms with van der Waals surface area (Å²) in [5.41, 5.74) is 7.37. The molecule has 112 valence electrons. The van der Waals surface area contributed by atoms with Gasteiger partial charge in [0.2, 0.25) is 10.0 Å². The highest BCUT2D eigenvalue weighted by atomic mass is 32.2. The second-order valence-corrected chi connectivity index (χ2v) is 6.92. The molecule has 0 atom stereocenters. The van der Waals surface area contributed by atoms with Crippen LogP contribution in [0.1, 0.15) is 11.1 Å². The molecule has 0 bridgehead atoms. The minimum Gasteiger partial charge on any atom is -0.398 e. The number of halogens is 1. The molecular formula is C15H17FN2O2S. The van der Waals surface area contributed by atoms with E-state index in [2.05, 4.69) is 0 Å². The molecule has 0 unspecified atom stereocenters. The van der Waals surface area contributed by atoms with Crippen molar-refractivity contribution in [1.29, 1.82) is 0 Å². The number of rotatable bonds is 5. The minimum absolute atomic E-state index is 0.118. The predicted molar refractivity (Wildman–Crippen MR) is 81.3 cm³/mol. The van der Waals surface area contributed by atoms with E-state index in [1.807, 2.05) is 0 Å². The largest absolute Gasteiger partial charge is 0.398 e. The Hall–Kier alpha value is -1.92. The van der Waals surface area contributed by atoms with Crippen LogP contribution in [0.25, 0.3) is 0 Å². The molecule has 2 aromatic carbocycles. The molecule has 0 heterocycles. The van der Waals surface area contributed by atoms with Crippen LogP contribution in [0.5, 0.6) is 0 Å². The number of hydrogen-bond donors (Lipinski definition) is 1. The number of anilines is 1. The standard InChI is InChI=1S/C15H17FN2O2S/c1-18(10-12-5-4-7-14(16)9-12)21(19,20)11-13-6-2-3-8-15(13)17/h2-9H,10-11,17H2,1H3. The van der Waals surface area contributed by atoms with Crippen molar-refractivity contribution in [3.63, 3.8) is 0 Å². The Labute approximate surface area is 124 Å². The van der Waals surface area contributed by atoms with Crippen LogP contribution in [0, 0.1) is 5.82 Å². The Morgan fingerprint density at radius 1 is 1.14 bits per heavy atom. The maximum Gasteiger partial charge on any atom is 0.218 e. The molecule has 2 rings (SSSR count). The van der Waals surface area contributed by atoms with Crippen molar-refractivity contribution in [3.05, 3.63) is 65.5 Å². The van der Waals surface area contributed by atoms with Gasteiger partial charge >= 0.3 is 0 Å². The Morgan fingerprint density at radius 2 is 1.86 bits per heavy atom. The Balaban J connectivity index is 2.14. The topological polar surface area (TPSA) is 63.4 Å². The van der Waals surface area contributed by atoms with E-state index < -0.39 is 10.0 Å². The lowest BCUT2D eigenvalue weighted by Crippen LogP contribution is -2.28. The van der Waals surface area contributed by atoms with E-state index in [1.54, 1.807) is 36.4 Å². The van der Waals surface area contributed by atoms with E-state index in [9.17, 15) is 12.8 Å². The van der Waals surface area contributed by atoms with Crippen molar-refractivity contribution < 1.29 is 12.8 Å².